The molecule has 92 valence electrons. The highest BCUT2D eigenvalue weighted by atomic mass is 15.3. The molecule has 2 rings (SSSR count). The van der Waals surface area contributed by atoms with Crippen LogP contribution in [0.15, 0.2) is 0 Å². The minimum atomic E-state index is 0.332. The predicted octanol–water partition coefficient (Wildman–Crippen LogP) is 0.873. The van der Waals surface area contributed by atoms with Crippen molar-refractivity contribution >= 4 is 5.84 Å². The average molecular weight is 224 g/mol. The molecule has 1 saturated carbocycles. The van der Waals surface area contributed by atoms with Crippen LogP contribution in [0.25, 0.3) is 0 Å². The van der Waals surface area contributed by atoms with Gasteiger partial charge in [-0.2, -0.15) is 0 Å². The Labute approximate surface area is 98.3 Å². The standard InChI is InChI=1S/C12H24N4/c13-12(14)3-1-2-6-15-7-9-16(10-8-15)11-4-5-11/h11H,1-10H2,(H3,13,14). The molecule has 2 fully saturated rings. The molecule has 4 heteroatoms. The quantitative estimate of drug-likeness (QED) is 0.400. The van der Waals surface area contributed by atoms with Crippen molar-refractivity contribution in [3.8, 4) is 0 Å². The van der Waals surface area contributed by atoms with E-state index in [0.29, 0.717) is 5.84 Å². The zero-order valence-corrected chi connectivity index (χ0v) is 10.1. The normalized spacial score (nSPS) is 23.5. The fourth-order valence-corrected chi connectivity index (χ4v) is 2.44. The smallest absolute Gasteiger partial charge is 0.0905 e. The third-order valence-electron chi connectivity index (χ3n) is 3.64. The van der Waals surface area contributed by atoms with E-state index in [4.69, 9.17) is 11.1 Å². The number of rotatable bonds is 6. The van der Waals surface area contributed by atoms with Crippen molar-refractivity contribution in [2.45, 2.75) is 38.1 Å². The summed E-state index contributed by atoms with van der Waals surface area (Å²) in [6.07, 6.45) is 5.88. The molecule has 0 aromatic heterocycles. The van der Waals surface area contributed by atoms with Gasteiger partial charge in [-0.1, -0.05) is 0 Å². The Kier molecular flexibility index (Phi) is 4.18. The monoisotopic (exact) mass is 224 g/mol. The third kappa shape index (κ3) is 3.76. The minimum absolute atomic E-state index is 0.332. The molecule has 1 heterocycles. The van der Waals surface area contributed by atoms with Gasteiger partial charge in [-0.25, -0.2) is 0 Å². The van der Waals surface area contributed by atoms with Gasteiger partial charge < -0.3 is 10.6 Å². The number of nitrogens with two attached hydrogens (primary N) is 1. The van der Waals surface area contributed by atoms with E-state index in [9.17, 15) is 0 Å². The van der Waals surface area contributed by atoms with Gasteiger partial charge >= 0.3 is 0 Å². The summed E-state index contributed by atoms with van der Waals surface area (Å²) in [5.41, 5.74) is 5.33. The van der Waals surface area contributed by atoms with E-state index in [1.54, 1.807) is 0 Å². The zero-order valence-electron chi connectivity index (χ0n) is 10.1. The Balaban J connectivity index is 1.53. The number of unbranched alkanes of at least 4 members (excludes halogenated alkanes) is 1. The van der Waals surface area contributed by atoms with Gasteiger partial charge in [-0.3, -0.25) is 10.3 Å². The van der Waals surface area contributed by atoms with Crippen molar-refractivity contribution in [1.29, 1.82) is 5.41 Å². The van der Waals surface area contributed by atoms with E-state index >= 15 is 0 Å². The Morgan fingerprint density at radius 3 is 2.38 bits per heavy atom. The van der Waals surface area contributed by atoms with E-state index in [0.717, 1.165) is 18.9 Å². The van der Waals surface area contributed by atoms with Crippen LogP contribution in [0.4, 0.5) is 0 Å². The van der Waals surface area contributed by atoms with Crippen molar-refractivity contribution in [3.05, 3.63) is 0 Å². The molecule has 3 N–H and O–H groups in total. The van der Waals surface area contributed by atoms with Gasteiger partial charge in [0.15, 0.2) is 0 Å². The summed E-state index contributed by atoms with van der Waals surface area (Å²) in [5.74, 6) is 0.332. The van der Waals surface area contributed by atoms with Crippen LogP contribution in [-0.2, 0) is 0 Å². The van der Waals surface area contributed by atoms with E-state index in [2.05, 4.69) is 9.80 Å². The molecular weight excluding hydrogens is 200 g/mol. The van der Waals surface area contributed by atoms with E-state index in [1.807, 2.05) is 0 Å². The molecule has 0 bridgehead atoms. The molecule has 4 nitrogen and oxygen atoms in total. The second-order valence-electron chi connectivity index (χ2n) is 5.09. The highest BCUT2D eigenvalue weighted by Gasteiger charge is 2.30. The zero-order chi connectivity index (χ0) is 11.4. The first kappa shape index (κ1) is 11.9. The minimum Gasteiger partial charge on any atom is -0.388 e. The lowest BCUT2D eigenvalue weighted by Gasteiger charge is -2.34. The van der Waals surface area contributed by atoms with E-state index < -0.39 is 0 Å². The van der Waals surface area contributed by atoms with Crippen molar-refractivity contribution in [3.63, 3.8) is 0 Å². The first-order chi connectivity index (χ1) is 7.75. The van der Waals surface area contributed by atoms with Gasteiger partial charge in [0.1, 0.15) is 0 Å². The number of nitrogens with one attached hydrogen (secondary N) is 1. The first-order valence-corrected chi connectivity index (χ1v) is 6.55. The molecule has 0 spiro atoms. The lowest BCUT2D eigenvalue weighted by atomic mass is 10.2. The molecule has 0 radical (unpaired) electrons. The maximum absolute atomic E-state index is 7.16. The Morgan fingerprint density at radius 2 is 1.81 bits per heavy atom. The molecule has 0 unspecified atom stereocenters. The summed E-state index contributed by atoms with van der Waals surface area (Å²) in [7, 11) is 0. The van der Waals surface area contributed by atoms with Gasteiger partial charge in [0.2, 0.25) is 0 Å². The number of amidine groups is 1. The largest absolute Gasteiger partial charge is 0.388 e. The molecule has 0 aromatic rings. The Bertz CT molecular complexity index is 229. The summed E-state index contributed by atoms with van der Waals surface area (Å²) >= 11 is 0. The fraction of sp³-hybridized carbons (Fsp3) is 0.917. The lowest BCUT2D eigenvalue weighted by Crippen LogP contribution is -2.47. The summed E-state index contributed by atoms with van der Waals surface area (Å²) in [5, 5.41) is 7.16. The molecule has 2 aliphatic rings. The fourth-order valence-electron chi connectivity index (χ4n) is 2.44. The summed E-state index contributed by atoms with van der Waals surface area (Å²) in [4.78, 5) is 5.20. The van der Waals surface area contributed by atoms with Crippen LogP contribution in [0, 0.1) is 5.41 Å². The van der Waals surface area contributed by atoms with Crippen LogP contribution in [0.2, 0.25) is 0 Å². The molecular formula is C12H24N4. The van der Waals surface area contributed by atoms with Crippen molar-refractivity contribution < 1.29 is 0 Å². The number of nitrogens with zero attached hydrogens (tertiary/aromatic N) is 2. The van der Waals surface area contributed by atoms with Crippen molar-refractivity contribution in [2.24, 2.45) is 5.73 Å². The second kappa shape index (κ2) is 5.64. The van der Waals surface area contributed by atoms with Gasteiger partial charge in [0.05, 0.1) is 5.84 Å². The van der Waals surface area contributed by atoms with Gasteiger partial charge in [-0.05, 0) is 32.2 Å². The highest BCUT2D eigenvalue weighted by Crippen LogP contribution is 2.27. The Morgan fingerprint density at radius 1 is 1.12 bits per heavy atom. The summed E-state index contributed by atoms with van der Waals surface area (Å²) < 4.78 is 0. The molecule has 0 aromatic carbocycles. The SMILES string of the molecule is N=C(N)CCCCN1CCN(C2CC2)CC1. The first-order valence-electron chi connectivity index (χ1n) is 6.55. The van der Waals surface area contributed by atoms with Crippen molar-refractivity contribution in [1.82, 2.24) is 9.80 Å². The molecule has 1 aliphatic carbocycles. The van der Waals surface area contributed by atoms with Crippen LogP contribution in [0.3, 0.4) is 0 Å². The molecule has 1 saturated heterocycles. The van der Waals surface area contributed by atoms with Crippen LogP contribution in [0.5, 0.6) is 0 Å². The average Bonchev–Trinajstić information content (AvgIpc) is 3.09. The second-order valence-corrected chi connectivity index (χ2v) is 5.09. The third-order valence-corrected chi connectivity index (χ3v) is 3.64. The molecule has 16 heavy (non-hydrogen) atoms. The number of piperazine rings is 1. The molecule has 0 atom stereocenters. The van der Waals surface area contributed by atoms with Crippen LogP contribution in [-0.4, -0.2) is 54.4 Å². The van der Waals surface area contributed by atoms with Crippen molar-refractivity contribution in [2.75, 3.05) is 32.7 Å². The molecule has 1 aliphatic heterocycles. The number of hydrogen-bond acceptors (Lipinski definition) is 3. The van der Waals surface area contributed by atoms with Gasteiger partial charge in [-0.15, -0.1) is 0 Å². The van der Waals surface area contributed by atoms with Gasteiger partial charge in [0.25, 0.3) is 0 Å². The van der Waals surface area contributed by atoms with Crippen LogP contribution in [0.1, 0.15) is 32.1 Å². The van der Waals surface area contributed by atoms with Crippen LogP contribution >= 0.6 is 0 Å². The Hall–Kier alpha value is -0.610. The summed E-state index contributed by atoms with van der Waals surface area (Å²) in [6, 6.07) is 0.930. The number of hydrogen-bond donors (Lipinski definition) is 2. The summed E-state index contributed by atoms with van der Waals surface area (Å²) in [6.45, 7) is 6.17. The van der Waals surface area contributed by atoms with E-state index in [1.165, 1.54) is 52.0 Å². The topological polar surface area (TPSA) is 56.4 Å². The van der Waals surface area contributed by atoms with E-state index in [-0.39, 0.29) is 0 Å². The maximum atomic E-state index is 7.16. The lowest BCUT2D eigenvalue weighted by molar-refractivity contribution is 0.125. The van der Waals surface area contributed by atoms with Gasteiger partial charge in [0, 0.05) is 38.6 Å². The predicted molar refractivity (Wildman–Crippen MR) is 66.8 cm³/mol. The maximum Gasteiger partial charge on any atom is 0.0905 e. The van der Waals surface area contributed by atoms with Crippen LogP contribution < -0.4 is 5.73 Å². The molecule has 0 amide bonds. The highest BCUT2D eigenvalue weighted by molar-refractivity contribution is 5.76.